The van der Waals surface area contributed by atoms with Gasteiger partial charge in [0.15, 0.2) is 5.82 Å². The molecule has 3 heterocycles. The van der Waals surface area contributed by atoms with Crippen LogP contribution in [0.1, 0.15) is 22.3 Å². The molecule has 1 unspecified atom stereocenters. The summed E-state index contributed by atoms with van der Waals surface area (Å²) in [6.45, 7) is 0. The molecule has 3 heteroatoms. The highest BCUT2D eigenvalue weighted by Gasteiger charge is 2.45. The van der Waals surface area contributed by atoms with Crippen LogP contribution in [0.3, 0.4) is 0 Å². The van der Waals surface area contributed by atoms with Crippen LogP contribution >= 0.6 is 0 Å². The van der Waals surface area contributed by atoms with E-state index in [2.05, 4.69) is 211 Å². The summed E-state index contributed by atoms with van der Waals surface area (Å²) >= 11 is 0. The molecule has 0 saturated heterocycles. The molecular formula is C55H35N3. The smallest absolute Gasteiger partial charge is 0.160 e. The monoisotopic (exact) mass is 737 g/mol. The number of aromatic nitrogens is 3. The van der Waals surface area contributed by atoms with E-state index in [-0.39, 0.29) is 0 Å². The number of nitrogens with zero attached hydrogens (tertiary/aromatic N) is 3. The summed E-state index contributed by atoms with van der Waals surface area (Å²) < 4.78 is 2.48. The molecule has 58 heavy (non-hydrogen) atoms. The van der Waals surface area contributed by atoms with Crippen molar-refractivity contribution in [3.8, 4) is 39.6 Å². The Kier molecular flexibility index (Phi) is 7.14. The van der Waals surface area contributed by atoms with Gasteiger partial charge in [-0.05, 0) is 68.1 Å². The Morgan fingerprint density at radius 1 is 0.379 bits per heavy atom. The Hall–Kier alpha value is -7.62. The zero-order valence-electron chi connectivity index (χ0n) is 31.5. The Morgan fingerprint density at radius 3 is 1.81 bits per heavy atom. The van der Waals surface area contributed by atoms with Crippen molar-refractivity contribution in [2.45, 2.75) is 5.41 Å². The maximum absolute atomic E-state index is 5.38. The summed E-state index contributed by atoms with van der Waals surface area (Å²) in [6.07, 6.45) is 0. The van der Waals surface area contributed by atoms with Crippen LogP contribution < -0.4 is 0 Å². The van der Waals surface area contributed by atoms with Gasteiger partial charge in [0.1, 0.15) is 0 Å². The van der Waals surface area contributed by atoms with Gasteiger partial charge in [0, 0.05) is 27.5 Å². The van der Waals surface area contributed by atoms with E-state index >= 15 is 0 Å². The number of hydrogen-bond acceptors (Lipinski definition) is 2. The van der Waals surface area contributed by atoms with Crippen molar-refractivity contribution in [1.29, 1.82) is 0 Å². The van der Waals surface area contributed by atoms with Crippen LogP contribution in [0.2, 0.25) is 0 Å². The summed E-state index contributed by atoms with van der Waals surface area (Å²) in [5, 5.41) is 7.35. The Bertz CT molecular complexity index is 3380. The van der Waals surface area contributed by atoms with Gasteiger partial charge in [0.2, 0.25) is 0 Å². The lowest BCUT2D eigenvalue weighted by Gasteiger charge is -2.41. The zero-order valence-corrected chi connectivity index (χ0v) is 31.5. The Balaban J connectivity index is 1.10. The minimum atomic E-state index is -0.581. The van der Waals surface area contributed by atoms with E-state index in [1.54, 1.807) is 0 Å². The first kappa shape index (κ1) is 32.6. The van der Waals surface area contributed by atoms with Crippen LogP contribution in [-0.2, 0) is 5.41 Å². The molecule has 12 rings (SSSR count). The van der Waals surface area contributed by atoms with Gasteiger partial charge in [-0.3, -0.25) is 0 Å². The molecule has 9 aromatic carbocycles. The molecule has 3 nitrogen and oxygen atoms in total. The summed E-state index contributed by atoms with van der Waals surface area (Å²) in [5.74, 6) is 0.695. The number of fused-ring (bicyclic) bond motifs is 8. The predicted octanol–water partition coefficient (Wildman–Crippen LogP) is 13.6. The van der Waals surface area contributed by atoms with E-state index in [1.165, 1.54) is 71.3 Å². The largest absolute Gasteiger partial charge is 0.309 e. The van der Waals surface area contributed by atoms with E-state index in [0.717, 1.165) is 28.1 Å². The number of rotatable bonds is 5. The van der Waals surface area contributed by atoms with Gasteiger partial charge in [-0.15, -0.1) is 0 Å². The molecule has 2 aromatic heterocycles. The summed E-state index contributed by atoms with van der Waals surface area (Å²) in [4.78, 5) is 10.6. The molecule has 11 aromatic rings. The highest BCUT2D eigenvalue weighted by Crippen LogP contribution is 2.54. The third kappa shape index (κ3) is 4.68. The average Bonchev–Trinajstić information content (AvgIpc) is 3.65. The van der Waals surface area contributed by atoms with Crippen LogP contribution in [0, 0.1) is 0 Å². The van der Waals surface area contributed by atoms with E-state index in [9.17, 15) is 0 Å². The lowest BCUT2D eigenvalue weighted by Crippen LogP contribution is -2.35. The molecule has 1 aliphatic heterocycles. The molecule has 0 fully saturated rings. The quantitative estimate of drug-likeness (QED) is 0.165. The lowest BCUT2D eigenvalue weighted by molar-refractivity contribution is 0.728. The average molecular weight is 738 g/mol. The molecule has 0 bridgehead atoms. The van der Waals surface area contributed by atoms with Crippen molar-refractivity contribution in [3.05, 3.63) is 235 Å². The number of benzene rings is 9. The Labute approximate surface area is 336 Å². The van der Waals surface area contributed by atoms with Crippen molar-refractivity contribution in [1.82, 2.24) is 14.5 Å². The summed E-state index contributed by atoms with van der Waals surface area (Å²) in [7, 11) is 0. The van der Waals surface area contributed by atoms with Crippen LogP contribution in [0.15, 0.2) is 212 Å². The second kappa shape index (κ2) is 12.7. The molecule has 0 radical (unpaired) electrons. The van der Waals surface area contributed by atoms with Crippen molar-refractivity contribution in [2.75, 3.05) is 0 Å². The predicted molar refractivity (Wildman–Crippen MR) is 240 cm³/mol. The minimum Gasteiger partial charge on any atom is -0.309 e. The molecular weight excluding hydrogens is 703 g/mol. The first-order valence-corrected chi connectivity index (χ1v) is 19.9. The number of para-hydroxylation sites is 3. The van der Waals surface area contributed by atoms with Crippen molar-refractivity contribution >= 4 is 43.4 Å². The van der Waals surface area contributed by atoms with Gasteiger partial charge < -0.3 is 4.57 Å². The summed E-state index contributed by atoms with van der Waals surface area (Å²) in [6, 6.07) is 76.8. The first-order valence-electron chi connectivity index (χ1n) is 19.9. The van der Waals surface area contributed by atoms with Gasteiger partial charge in [-0.1, -0.05) is 188 Å². The molecule has 1 atom stereocenters. The van der Waals surface area contributed by atoms with Gasteiger partial charge in [0.05, 0.1) is 33.5 Å². The van der Waals surface area contributed by atoms with E-state index in [4.69, 9.17) is 9.97 Å². The second-order valence-corrected chi connectivity index (χ2v) is 15.3. The van der Waals surface area contributed by atoms with Crippen LogP contribution in [0.5, 0.6) is 0 Å². The molecule has 0 aliphatic carbocycles. The fourth-order valence-corrected chi connectivity index (χ4v) is 9.79. The van der Waals surface area contributed by atoms with Gasteiger partial charge in [-0.25, -0.2) is 9.97 Å². The SMILES string of the molecule is c1ccc(-c2cc(-c3cc4ccccc4c4ccccc34)nc(-c3ccc(C4(c5ccccc5)c5ccccc5-n5c6ccccc6c6cccc4c65)cc3)n2)cc1. The fourth-order valence-electron chi connectivity index (χ4n) is 9.79. The standard InChI is InChI=1S/C55H35N3/c1-3-16-36(17-4-1)49-35-50(46-34-38-18-7-8-21-41(38)42-22-9-10-23-43(42)46)57-54(56-49)37-30-32-40(33-31-37)55(39-19-5-2-6-20-39)47-26-12-14-29-52(47)58-51-28-13-11-24-44(51)45-25-15-27-48(55)53(45)58/h1-35H. The van der Waals surface area contributed by atoms with E-state index in [0.29, 0.717) is 5.82 Å². The van der Waals surface area contributed by atoms with Crippen molar-refractivity contribution in [3.63, 3.8) is 0 Å². The van der Waals surface area contributed by atoms with Crippen LogP contribution in [-0.4, -0.2) is 14.5 Å². The minimum absolute atomic E-state index is 0.581. The van der Waals surface area contributed by atoms with E-state index in [1.807, 2.05) is 6.07 Å². The van der Waals surface area contributed by atoms with E-state index < -0.39 is 5.41 Å². The van der Waals surface area contributed by atoms with Crippen LogP contribution in [0.25, 0.3) is 82.9 Å². The van der Waals surface area contributed by atoms with Gasteiger partial charge in [-0.2, -0.15) is 0 Å². The highest BCUT2D eigenvalue weighted by atomic mass is 15.0. The normalized spacial score (nSPS) is 14.6. The van der Waals surface area contributed by atoms with Gasteiger partial charge >= 0.3 is 0 Å². The molecule has 0 saturated carbocycles. The van der Waals surface area contributed by atoms with Crippen LogP contribution in [0.4, 0.5) is 0 Å². The third-order valence-corrected chi connectivity index (χ3v) is 12.3. The zero-order chi connectivity index (χ0) is 38.2. The molecule has 270 valence electrons. The molecule has 0 N–H and O–H groups in total. The van der Waals surface area contributed by atoms with Gasteiger partial charge in [0.25, 0.3) is 0 Å². The fraction of sp³-hybridized carbons (Fsp3) is 0.0182. The molecule has 0 amide bonds. The Morgan fingerprint density at radius 2 is 0.983 bits per heavy atom. The topological polar surface area (TPSA) is 30.7 Å². The lowest BCUT2D eigenvalue weighted by atomic mass is 9.63. The first-order chi connectivity index (χ1) is 28.8. The molecule has 1 aliphatic rings. The second-order valence-electron chi connectivity index (χ2n) is 15.3. The molecule has 0 spiro atoms. The van der Waals surface area contributed by atoms with Crippen molar-refractivity contribution < 1.29 is 0 Å². The maximum atomic E-state index is 5.38. The number of hydrogen-bond donors (Lipinski definition) is 0. The maximum Gasteiger partial charge on any atom is 0.160 e. The highest BCUT2D eigenvalue weighted by molar-refractivity contribution is 6.14. The van der Waals surface area contributed by atoms with Crippen molar-refractivity contribution in [2.24, 2.45) is 0 Å². The summed E-state index contributed by atoms with van der Waals surface area (Å²) in [5.41, 5.74) is 12.9. The third-order valence-electron chi connectivity index (χ3n) is 12.3.